The van der Waals surface area contributed by atoms with Crippen LogP contribution in [0.25, 0.3) is 11.0 Å². The summed E-state index contributed by atoms with van der Waals surface area (Å²) in [6, 6.07) is 14.4. The number of aliphatic hydroxyl groups is 2. The van der Waals surface area contributed by atoms with Gasteiger partial charge in [-0.05, 0) is 55.5 Å². The molecule has 9 heteroatoms. The monoisotopic (exact) mass is 496 g/mol. The van der Waals surface area contributed by atoms with E-state index in [0.29, 0.717) is 26.4 Å². The molecule has 2 atom stereocenters. The largest absolute Gasteiger partial charge is 0.491 e. The van der Waals surface area contributed by atoms with Gasteiger partial charge in [0.1, 0.15) is 12.0 Å². The molecule has 2 fully saturated rings. The van der Waals surface area contributed by atoms with Crippen molar-refractivity contribution in [3.8, 4) is 5.75 Å². The van der Waals surface area contributed by atoms with Gasteiger partial charge in [-0.25, -0.2) is 4.98 Å². The molecule has 0 radical (unpaired) electrons. The number of morpholine rings is 1. The predicted molar refractivity (Wildman–Crippen MR) is 139 cm³/mol. The van der Waals surface area contributed by atoms with Crippen molar-refractivity contribution in [3.05, 3.63) is 48.0 Å². The number of unbranched alkanes of at least 4 members (excludes halogenated alkanes) is 1. The lowest BCUT2D eigenvalue weighted by molar-refractivity contribution is -0.0195. The molecule has 2 aromatic carbocycles. The van der Waals surface area contributed by atoms with Crippen LogP contribution in [-0.4, -0.2) is 72.0 Å². The number of para-hydroxylation sites is 2. The number of ether oxygens (including phenoxy) is 3. The van der Waals surface area contributed by atoms with Crippen molar-refractivity contribution in [2.24, 2.45) is 0 Å². The number of imidazole rings is 1. The van der Waals surface area contributed by atoms with Crippen LogP contribution in [0.15, 0.2) is 42.5 Å². The van der Waals surface area contributed by atoms with E-state index in [1.165, 1.54) is 0 Å². The summed E-state index contributed by atoms with van der Waals surface area (Å²) in [6.07, 6.45) is 2.90. The van der Waals surface area contributed by atoms with E-state index in [0.717, 1.165) is 72.8 Å². The van der Waals surface area contributed by atoms with Crippen LogP contribution in [0.5, 0.6) is 5.75 Å². The maximum Gasteiger partial charge on any atom is 0.206 e. The first kappa shape index (κ1) is 24.8. The third kappa shape index (κ3) is 5.59. The zero-order valence-electron chi connectivity index (χ0n) is 20.6. The summed E-state index contributed by atoms with van der Waals surface area (Å²) in [5.41, 5.74) is 4.09. The molecule has 3 heterocycles. The van der Waals surface area contributed by atoms with E-state index in [4.69, 9.17) is 24.3 Å². The Bertz CT molecular complexity index is 1130. The minimum absolute atomic E-state index is 0.0302. The van der Waals surface area contributed by atoms with Gasteiger partial charge in [0.05, 0.1) is 49.3 Å². The average molecular weight is 497 g/mol. The molecule has 1 aromatic heterocycles. The molecule has 0 spiro atoms. The number of fused-ring (bicyclic) bond motifs is 1. The summed E-state index contributed by atoms with van der Waals surface area (Å²) in [7, 11) is 0. The number of hydrogen-bond acceptors (Lipinski definition) is 8. The fraction of sp³-hybridized carbons (Fsp3) is 0.519. The topological polar surface area (TPSA) is 101 Å². The van der Waals surface area contributed by atoms with Crippen LogP contribution >= 0.6 is 0 Å². The molecule has 0 amide bonds. The van der Waals surface area contributed by atoms with Gasteiger partial charge in [-0.3, -0.25) is 4.57 Å². The minimum Gasteiger partial charge on any atom is -0.491 e. The highest BCUT2D eigenvalue weighted by Crippen LogP contribution is 2.35. The van der Waals surface area contributed by atoms with Gasteiger partial charge in [0.25, 0.3) is 0 Å². The smallest absolute Gasteiger partial charge is 0.206 e. The van der Waals surface area contributed by atoms with E-state index in [2.05, 4.69) is 39.0 Å². The molecule has 5 rings (SSSR count). The summed E-state index contributed by atoms with van der Waals surface area (Å²) in [6.45, 7) is 4.45. The van der Waals surface area contributed by atoms with Crippen molar-refractivity contribution in [3.63, 3.8) is 0 Å². The summed E-state index contributed by atoms with van der Waals surface area (Å²) in [5, 5.41) is 22.2. The normalized spacial score (nSPS) is 20.2. The van der Waals surface area contributed by atoms with E-state index < -0.39 is 0 Å². The van der Waals surface area contributed by atoms with Crippen molar-refractivity contribution in [2.45, 2.75) is 44.6 Å². The van der Waals surface area contributed by atoms with Gasteiger partial charge in [-0.2, -0.15) is 0 Å². The molecule has 3 aromatic rings. The van der Waals surface area contributed by atoms with Crippen molar-refractivity contribution < 1.29 is 24.4 Å². The number of benzene rings is 2. The number of nitrogens with one attached hydrogen (secondary N) is 1. The van der Waals surface area contributed by atoms with Crippen LogP contribution < -0.4 is 15.0 Å². The lowest BCUT2D eigenvalue weighted by atomic mass is 10.1. The van der Waals surface area contributed by atoms with Crippen molar-refractivity contribution in [1.82, 2.24) is 9.55 Å². The van der Waals surface area contributed by atoms with Gasteiger partial charge in [0.15, 0.2) is 0 Å². The molecule has 0 aliphatic carbocycles. The van der Waals surface area contributed by atoms with E-state index in [1.54, 1.807) is 0 Å². The van der Waals surface area contributed by atoms with Crippen LogP contribution in [0.2, 0.25) is 0 Å². The molecule has 2 aliphatic rings. The predicted octanol–water partition coefficient (Wildman–Crippen LogP) is 3.31. The van der Waals surface area contributed by atoms with Crippen molar-refractivity contribution in [2.75, 3.05) is 56.3 Å². The third-order valence-corrected chi connectivity index (χ3v) is 6.81. The third-order valence-electron chi connectivity index (χ3n) is 6.81. The second kappa shape index (κ2) is 11.9. The molecule has 36 heavy (non-hydrogen) atoms. The first-order valence-electron chi connectivity index (χ1n) is 12.9. The molecule has 0 saturated carbocycles. The van der Waals surface area contributed by atoms with Gasteiger partial charge < -0.3 is 34.6 Å². The molecule has 2 saturated heterocycles. The second-order valence-electron chi connectivity index (χ2n) is 9.30. The first-order valence-corrected chi connectivity index (χ1v) is 12.9. The number of hydrogen-bond donors (Lipinski definition) is 3. The summed E-state index contributed by atoms with van der Waals surface area (Å²) < 4.78 is 19.9. The van der Waals surface area contributed by atoms with Crippen LogP contribution in [0.1, 0.15) is 37.5 Å². The Morgan fingerprint density at radius 2 is 1.92 bits per heavy atom. The van der Waals surface area contributed by atoms with Crippen LogP contribution in [-0.2, 0) is 16.0 Å². The Morgan fingerprint density at radius 3 is 2.72 bits per heavy atom. The molecular weight excluding hydrogens is 460 g/mol. The van der Waals surface area contributed by atoms with E-state index >= 15 is 0 Å². The van der Waals surface area contributed by atoms with E-state index in [9.17, 15) is 5.11 Å². The van der Waals surface area contributed by atoms with Gasteiger partial charge in [0.2, 0.25) is 5.95 Å². The highest BCUT2D eigenvalue weighted by Gasteiger charge is 2.29. The standard InChI is InChI=1S/C27H36N4O5/c32-13-3-4-14-35-25-17-20(7-9-24(25)30-11-15-34-16-12-30)18-28-27-29-22-5-1-2-6-23(22)31(27)26-10-8-21(19-33)36-26/h1-2,5-7,9,17,21,26,32-33H,3-4,8,10-16,18-19H2,(H,28,29)/t21-,26+/m0/s1. The van der Waals surface area contributed by atoms with Gasteiger partial charge in [-0.15, -0.1) is 0 Å². The number of nitrogens with zero attached hydrogens (tertiary/aromatic N) is 3. The number of rotatable bonds is 11. The van der Waals surface area contributed by atoms with Crippen molar-refractivity contribution >= 4 is 22.7 Å². The zero-order valence-corrected chi connectivity index (χ0v) is 20.6. The van der Waals surface area contributed by atoms with Crippen LogP contribution in [0, 0.1) is 0 Å². The maximum atomic E-state index is 9.55. The summed E-state index contributed by atoms with van der Waals surface area (Å²) >= 11 is 0. The highest BCUT2D eigenvalue weighted by molar-refractivity contribution is 5.78. The number of aliphatic hydroxyl groups excluding tert-OH is 2. The molecule has 194 valence electrons. The second-order valence-corrected chi connectivity index (χ2v) is 9.30. The first-order chi connectivity index (χ1) is 17.8. The van der Waals surface area contributed by atoms with Gasteiger partial charge >= 0.3 is 0 Å². The van der Waals surface area contributed by atoms with Crippen molar-refractivity contribution in [1.29, 1.82) is 0 Å². The van der Waals surface area contributed by atoms with Crippen LogP contribution in [0.4, 0.5) is 11.6 Å². The summed E-state index contributed by atoms with van der Waals surface area (Å²) in [5.74, 6) is 1.61. The quantitative estimate of drug-likeness (QED) is 0.348. The van der Waals surface area contributed by atoms with Gasteiger partial charge in [0, 0.05) is 26.2 Å². The molecule has 0 unspecified atom stereocenters. The molecule has 2 aliphatic heterocycles. The highest BCUT2D eigenvalue weighted by atomic mass is 16.5. The Kier molecular flexibility index (Phi) is 8.22. The fourth-order valence-corrected chi connectivity index (χ4v) is 4.90. The SMILES string of the molecule is OCCCCOc1cc(CNc2nc3ccccc3n2[C@H]2CC[C@@H](CO)O2)ccc1N1CCOCC1. The molecule has 9 nitrogen and oxygen atoms in total. The van der Waals surface area contributed by atoms with Crippen LogP contribution in [0.3, 0.4) is 0 Å². The Hall–Kier alpha value is -2.85. The van der Waals surface area contributed by atoms with E-state index in [1.807, 2.05) is 18.2 Å². The Labute approximate surface area is 211 Å². The molecule has 3 N–H and O–H groups in total. The fourth-order valence-electron chi connectivity index (χ4n) is 4.90. The van der Waals surface area contributed by atoms with Gasteiger partial charge in [-0.1, -0.05) is 18.2 Å². The average Bonchev–Trinajstić information content (AvgIpc) is 3.54. The number of aromatic nitrogens is 2. The Balaban J connectivity index is 1.36. The lowest BCUT2D eigenvalue weighted by Crippen LogP contribution is -2.36. The van der Waals surface area contributed by atoms with E-state index in [-0.39, 0.29) is 25.5 Å². The minimum atomic E-state index is -0.161. The zero-order chi connectivity index (χ0) is 24.7. The molecule has 0 bridgehead atoms. The lowest BCUT2D eigenvalue weighted by Gasteiger charge is -2.30. The maximum absolute atomic E-state index is 9.55. The molecular formula is C27H36N4O5. The summed E-state index contributed by atoms with van der Waals surface area (Å²) in [4.78, 5) is 7.14. The number of anilines is 2. The Morgan fingerprint density at radius 1 is 1.06 bits per heavy atom.